The number of oxime groups is 1. The van der Waals surface area contributed by atoms with Crippen molar-refractivity contribution in [1.29, 1.82) is 0 Å². The average Bonchev–Trinajstić information content (AvgIpc) is 2.80. The Balaban J connectivity index is 2.16. The van der Waals surface area contributed by atoms with E-state index in [0.717, 1.165) is 44.8 Å². The number of ether oxygens (including phenoxy) is 1. The number of aromatic hydroxyl groups is 2. The fraction of sp³-hybridized carbons (Fsp3) is 0.480. The zero-order valence-electron chi connectivity index (χ0n) is 19.5. The number of hydrogen-bond acceptors (Lipinski definition) is 7. The quantitative estimate of drug-likeness (QED) is 0.170. The van der Waals surface area contributed by atoms with E-state index in [4.69, 9.17) is 9.57 Å². The van der Waals surface area contributed by atoms with Crippen molar-refractivity contribution < 1.29 is 29.4 Å². The number of rotatable bonds is 11. The minimum atomic E-state index is -0.688. The first kappa shape index (κ1) is 26.0. The molecule has 0 aromatic heterocycles. The minimum absolute atomic E-state index is 0.0322. The molecule has 2 rings (SSSR count). The summed E-state index contributed by atoms with van der Waals surface area (Å²) in [5.74, 6) is -1.36. The molecule has 2 N–H and O–H groups in total. The first-order valence-electron chi connectivity index (χ1n) is 11.4. The molecule has 0 aliphatic carbocycles. The SMILES string of the molecule is C/C=C/CCOC(=O)c1c(O)cc(O)cc1CC(/C=C/CC)=N\OCC(=O)N1CCCCC1. The van der Waals surface area contributed by atoms with E-state index in [9.17, 15) is 19.8 Å². The first-order chi connectivity index (χ1) is 16.0. The Kier molecular flexibility index (Phi) is 11.0. The van der Waals surface area contributed by atoms with Gasteiger partial charge in [0.2, 0.25) is 0 Å². The number of allylic oxidation sites excluding steroid dienone is 3. The van der Waals surface area contributed by atoms with Crippen LogP contribution >= 0.6 is 0 Å². The third-order valence-electron chi connectivity index (χ3n) is 5.14. The Labute approximate surface area is 195 Å². The van der Waals surface area contributed by atoms with Crippen molar-refractivity contribution in [3.05, 3.63) is 47.6 Å². The van der Waals surface area contributed by atoms with Crippen molar-refractivity contribution >= 4 is 17.6 Å². The highest BCUT2D eigenvalue weighted by molar-refractivity contribution is 6.00. The van der Waals surface area contributed by atoms with E-state index in [1.807, 2.05) is 32.1 Å². The number of amides is 1. The summed E-state index contributed by atoms with van der Waals surface area (Å²) in [7, 11) is 0. The van der Waals surface area contributed by atoms with Crippen LogP contribution in [0.15, 0.2) is 41.6 Å². The molecule has 0 radical (unpaired) electrons. The Morgan fingerprint density at radius 1 is 1.15 bits per heavy atom. The summed E-state index contributed by atoms with van der Waals surface area (Å²) < 4.78 is 5.26. The molecule has 0 spiro atoms. The highest BCUT2D eigenvalue weighted by Crippen LogP contribution is 2.29. The third kappa shape index (κ3) is 8.63. The van der Waals surface area contributed by atoms with Gasteiger partial charge in [-0.05, 0) is 56.7 Å². The highest BCUT2D eigenvalue weighted by Gasteiger charge is 2.21. The number of piperidine rings is 1. The highest BCUT2D eigenvalue weighted by atomic mass is 16.6. The maximum Gasteiger partial charge on any atom is 0.342 e. The molecule has 1 heterocycles. The number of nitrogens with zero attached hydrogens (tertiary/aromatic N) is 2. The molecule has 1 aliphatic heterocycles. The lowest BCUT2D eigenvalue weighted by Crippen LogP contribution is -2.37. The summed E-state index contributed by atoms with van der Waals surface area (Å²) in [5, 5.41) is 24.4. The van der Waals surface area contributed by atoms with Gasteiger partial charge >= 0.3 is 5.97 Å². The maximum atomic E-state index is 12.6. The predicted molar refractivity (Wildman–Crippen MR) is 126 cm³/mol. The van der Waals surface area contributed by atoms with Crippen LogP contribution in [-0.2, 0) is 20.8 Å². The molecular formula is C25H34N2O6. The van der Waals surface area contributed by atoms with Crippen LogP contribution in [0.3, 0.4) is 0 Å². The van der Waals surface area contributed by atoms with Gasteiger partial charge in [-0.2, -0.15) is 0 Å². The zero-order valence-corrected chi connectivity index (χ0v) is 19.5. The van der Waals surface area contributed by atoms with Gasteiger partial charge in [-0.1, -0.05) is 30.3 Å². The summed E-state index contributed by atoms with van der Waals surface area (Å²) in [6.45, 7) is 5.30. The minimum Gasteiger partial charge on any atom is -0.508 e. The lowest BCUT2D eigenvalue weighted by atomic mass is 10.00. The molecule has 1 aliphatic rings. The molecule has 0 saturated carbocycles. The van der Waals surface area contributed by atoms with Crippen molar-refractivity contribution in [3.8, 4) is 11.5 Å². The molecule has 8 nitrogen and oxygen atoms in total. The van der Waals surface area contributed by atoms with Crippen LogP contribution in [0.25, 0.3) is 0 Å². The topological polar surface area (TPSA) is 109 Å². The van der Waals surface area contributed by atoms with E-state index in [-0.39, 0.29) is 42.6 Å². The van der Waals surface area contributed by atoms with E-state index in [1.54, 1.807) is 11.0 Å². The summed E-state index contributed by atoms with van der Waals surface area (Å²) in [6.07, 6.45) is 11.8. The number of carbonyl (C=O) groups excluding carboxylic acids is 2. The van der Waals surface area contributed by atoms with Gasteiger partial charge in [0.15, 0.2) is 6.61 Å². The van der Waals surface area contributed by atoms with Gasteiger partial charge in [-0.25, -0.2) is 4.79 Å². The van der Waals surface area contributed by atoms with Crippen LogP contribution in [0, 0.1) is 0 Å². The third-order valence-corrected chi connectivity index (χ3v) is 5.14. The van der Waals surface area contributed by atoms with E-state index in [1.165, 1.54) is 6.07 Å². The van der Waals surface area contributed by atoms with Gasteiger partial charge in [-0.15, -0.1) is 0 Å². The fourth-order valence-electron chi connectivity index (χ4n) is 3.48. The molecule has 1 aromatic carbocycles. The van der Waals surface area contributed by atoms with Gasteiger partial charge in [0.1, 0.15) is 17.1 Å². The number of hydrogen-bond donors (Lipinski definition) is 2. The normalized spacial score (nSPS) is 14.7. The van der Waals surface area contributed by atoms with Crippen LogP contribution in [-0.4, -0.2) is 59.0 Å². The Morgan fingerprint density at radius 2 is 1.91 bits per heavy atom. The summed E-state index contributed by atoms with van der Waals surface area (Å²) in [5.41, 5.74) is 0.750. The van der Waals surface area contributed by atoms with Gasteiger partial charge in [0.05, 0.1) is 12.3 Å². The molecule has 8 heteroatoms. The molecule has 1 saturated heterocycles. The van der Waals surface area contributed by atoms with Crippen LogP contribution in [0.2, 0.25) is 0 Å². The average molecular weight is 459 g/mol. The second-order valence-electron chi connectivity index (χ2n) is 7.78. The zero-order chi connectivity index (χ0) is 24.1. The molecule has 1 aromatic rings. The number of carbonyl (C=O) groups is 2. The van der Waals surface area contributed by atoms with Gasteiger partial charge in [0, 0.05) is 25.6 Å². The molecule has 33 heavy (non-hydrogen) atoms. The van der Waals surface area contributed by atoms with Gasteiger partial charge in [-0.3, -0.25) is 4.79 Å². The Bertz CT molecular complexity index is 885. The fourth-order valence-corrected chi connectivity index (χ4v) is 3.48. The van der Waals surface area contributed by atoms with Crippen molar-refractivity contribution in [2.24, 2.45) is 5.16 Å². The van der Waals surface area contributed by atoms with E-state index in [0.29, 0.717) is 17.7 Å². The number of benzene rings is 1. The monoisotopic (exact) mass is 458 g/mol. The van der Waals surface area contributed by atoms with Crippen molar-refractivity contribution in [2.45, 2.75) is 52.4 Å². The molecule has 180 valence electrons. The van der Waals surface area contributed by atoms with E-state index in [2.05, 4.69) is 5.16 Å². The Morgan fingerprint density at radius 3 is 2.61 bits per heavy atom. The number of phenolic OH excluding ortho intramolecular Hbond substituents is 2. The lowest BCUT2D eigenvalue weighted by molar-refractivity contribution is -0.137. The molecule has 0 bridgehead atoms. The number of likely N-dealkylation sites (tertiary alicyclic amines) is 1. The first-order valence-corrected chi connectivity index (χ1v) is 11.4. The van der Waals surface area contributed by atoms with Gasteiger partial charge in [0.25, 0.3) is 5.91 Å². The number of esters is 1. The van der Waals surface area contributed by atoms with Crippen LogP contribution in [0.5, 0.6) is 11.5 Å². The van der Waals surface area contributed by atoms with Crippen LogP contribution < -0.4 is 0 Å². The molecule has 1 amide bonds. The molecular weight excluding hydrogens is 424 g/mol. The van der Waals surface area contributed by atoms with Gasteiger partial charge < -0.3 is 24.7 Å². The van der Waals surface area contributed by atoms with Crippen molar-refractivity contribution in [2.75, 3.05) is 26.3 Å². The summed E-state index contributed by atoms with van der Waals surface area (Å²) >= 11 is 0. The van der Waals surface area contributed by atoms with Crippen molar-refractivity contribution in [3.63, 3.8) is 0 Å². The maximum absolute atomic E-state index is 12.6. The summed E-state index contributed by atoms with van der Waals surface area (Å²) in [4.78, 5) is 32.0. The van der Waals surface area contributed by atoms with Crippen molar-refractivity contribution in [1.82, 2.24) is 4.90 Å². The predicted octanol–water partition coefficient (Wildman–Crippen LogP) is 4.11. The number of phenols is 2. The van der Waals surface area contributed by atoms with E-state index >= 15 is 0 Å². The second-order valence-corrected chi connectivity index (χ2v) is 7.78. The van der Waals surface area contributed by atoms with Crippen LogP contribution in [0.1, 0.15) is 61.9 Å². The summed E-state index contributed by atoms with van der Waals surface area (Å²) in [6, 6.07) is 2.48. The molecule has 0 atom stereocenters. The largest absolute Gasteiger partial charge is 0.508 e. The Hall–Kier alpha value is -3.29. The molecule has 0 unspecified atom stereocenters. The smallest absolute Gasteiger partial charge is 0.342 e. The second kappa shape index (κ2) is 14.0. The lowest BCUT2D eigenvalue weighted by Gasteiger charge is -2.26. The molecule has 1 fully saturated rings. The standard InChI is InChI=1S/C25H34N2O6/c1-3-5-10-14-32-25(31)24-19(16-21(28)17-22(24)29)15-20(11-6-4-2)26-33-18-23(30)27-12-8-7-9-13-27/h3,5-6,11,16-17,28-29H,4,7-10,12-15,18H2,1-2H3/b5-3+,11-6+,26-20-. The van der Waals surface area contributed by atoms with Crippen LogP contribution in [0.4, 0.5) is 0 Å². The van der Waals surface area contributed by atoms with E-state index < -0.39 is 5.97 Å².